The van der Waals surface area contributed by atoms with Crippen LogP contribution in [0.1, 0.15) is 35.6 Å². The number of fused-ring (bicyclic) bond motifs is 1. The fraction of sp³-hybridized carbons (Fsp3) is 0.368. The van der Waals surface area contributed by atoms with E-state index in [1.807, 2.05) is 23.2 Å². The van der Waals surface area contributed by atoms with Crippen LogP contribution in [0.3, 0.4) is 0 Å². The molecule has 4 nitrogen and oxygen atoms in total. The molecule has 0 atom stereocenters. The Labute approximate surface area is 145 Å². The molecule has 0 aliphatic carbocycles. The average Bonchev–Trinajstić information content (AvgIpc) is 3.29. The quantitative estimate of drug-likeness (QED) is 0.782. The van der Waals surface area contributed by atoms with Crippen LogP contribution in [-0.4, -0.2) is 33.9 Å². The second kappa shape index (κ2) is 6.77. The third kappa shape index (κ3) is 3.08. The second-order valence-electron chi connectivity index (χ2n) is 6.38. The number of nitrogens with zero attached hydrogens (tertiary/aromatic N) is 2. The first-order valence-corrected chi connectivity index (χ1v) is 9.41. The van der Waals surface area contributed by atoms with Crippen molar-refractivity contribution >= 4 is 28.3 Å². The molecule has 1 aliphatic heterocycles. The summed E-state index contributed by atoms with van der Waals surface area (Å²) in [7, 11) is 0. The molecule has 0 bridgehead atoms. The lowest BCUT2D eigenvalue weighted by atomic mass is 9.89. The molecule has 1 N–H and O–H groups in total. The molecule has 4 heterocycles. The van der Waals surface area contributed by atoms with Crippen molar-refractivity contribution in [1.82, 2.24) is 14.9 Å². The maximum atomic E-state index is 12.4. The highest BCUT2D eigenvalue weighted by Crippen LogP contribution is 2.32. The molecular formula is C19H21N3OS. The van der Waals surface area contributed by atoms with Gasteiger partial charge < -0.3 is 9.88 Å². The highest BCUT2D eigenvalue weighted by molar-refractivity contribution is 7.09. The fourth-order valence-electron chi connectivity index (χ4n) is 3.60. The number of piperidine rings is 1. The van der Waals surface area contributed by atoms with Crippen LogP contribution in [0.4, 0.5) is 0 Å². The topological polar surface area (TPSA) is 49.0 Å². The normalized spacial score (nSPS) is 15.9. The zero-order valence-electron chi connectivity index (χ0n) is 13.6. The molecule has 3 aromatic rings. The van der Waals surface area contributed by atoms with Gasteiger partial charge in [0.05, 0.1) is 0 Å². The van der Waals surface area contributed by atoms with E-state index in [0.29, 0.717) is 18.2 Å². The highest BCUT2D eigenvalue weighted by atomic mass is 32.1. The Kier molecular flexibility index (Phi) is 4.34. The van der Waals surface area contributed by atoms with E-state index < -0.39 is 0 Å². The van der Waals surface area contributed by atoms with E-state index in [1.165, 1.54) is 15.8 Å². The first kappa shape index (κ1) is 15.4. The number of amides is 1. The van der Waals surface area contributed by atoms with Crippen LogP contribution in [0, 0.1) is 0 Å². The van der Waals surface area contributed by atoms with Gasteiger partial charge in [-0.15, -0.1) is 11.3 Å². The van der Waals surface area contributed by atoms with Crippen LogP contribution >= 0.6 is 11.3 Å². The number of pyridine rings is 1. The molecule has 1 amide bonds. The summed E-state index contributed by atoms with van der Waals surface area (Å²) in [5.74, 6) is 0.812. The van der Waals surface area contributed by atoms with Crippen molar-refractivity contribution in [2.24, 2.45) is 0 Å². The summed E-state index contributed by atoms with van der Waals surface area (Å²) in [6, 6.07) is 8.27. The van der Waals surface area contributed by atoms with Crippen molar-refractivity contribution < 1.29 is 4.79 Å². The number of hydrogen-bond donors (Lipinski definition) is 1. The minimum Gasteiger partial charge on any atom is -0.346 e. The molecule has 0 unspecified atom stereocenters. The zero-order valence-corrected chi connectivity index (χ0v) is 14.4. The van der Waals surface area contributed by atoms with Gasteiger partial charge in [-0.3, -0.25) is 4.79 Å². The van der Waals surface area contributed by atoms with E-state index in [1.54, 1.807) is 11.3 Å². The summed E-state index contributed by atoms with van der Waals surface area (Å²) in [4.78, 5) is 23.4. The van der Waals surface area contributed by atoms with Crippen molar-refractivity contribution in [3.8, 4) is 0 Å². The van der Waals surface area contributed by atoms with Gasteiger partial charge in [0.25, 0.3) is 0 Å². The van der Waals surface area contributed by atoms with E-state index in [9.17, 15) is 4.79 Å². The third-order valence-corrected chi connectivity index (χ3v) is 5.87. The van der Waals surface area contributed by atoms with Gasteiger partial charge in [0, 0.05) is 42.2 Å². The predicted octanol–water partition coefficient (Wildman–Crippen LogP) is 3.96. The Morgan fingerprint density at radius 3 is 2.96 bits per heavy atom. The fourth-order valence-corrected chi connectivity index (χ4v) is 4.31. The summed E-state index contributed by atoms with van der Waals surface area (Å²) in [6.45, 7) is 1.72. The molecule has 4 rings (SSSR count). The van der Waals surface area contributed by atoms with Crippen LogP contribution in [0.2, 0.25) is 0 Å². The van der Waals surface area contributed by atoms with E-state index in [2.05, 4.69) is 33.7 Å². The van der Waals surface area contributed by atoms with E-state index in [0.717, 1.165) is 38.0 Å². The molecule has 0 spiro atoms. The van der Waals surface area contributed by atoms with Gasteiger partial charge >= 0.3 is 0 Å². The lowest BCUT2D eigenvalue weighted by molar-refractivity contribution is -0.132. The number of rotatable bonds is 4. The van der Waals surface area contributed by atoms with Gasteiger partial charge in [-0.05, 0) is 54.3 Å². The van der Waals surface area contributed by atoms with Crippen molar-refractivity contribution in [2.75, 3.05) is 13.1 Å². The molecule has 124 valence electrons. The number of nitrogens with one attached hydrogen (secondary N) is 1. The lowest BCUT2D eigenvalue weighted by Crippen LogP contribution is -2.38. The van der Waals surface area contributed by atoms with Gasteiger partial charge in [0.1, 0.15) is 5.65 Å². The number of aromatic nitrogens is 2. The van der Waals surface area contributed by atoms with Gasteiger partial charge in [0.2, 0.25) is 5.91 Å². The van der Waals surface area contributed by atoms with Crippen molar-refractivity contribution in [2.45, 2.75) is 31.6 Å². The van der Waals surface area contributed by atoms with Gasteiger partial charge in [-0.2, -0.15) is 0 Å². The number of hydrogen-bond acceptors (Lipinski definition) is 3. The number of H-pyrrole nitrogens is 1. The minimum atomic E-state index is 0.294. The maximum absolute atomic E-state index is 12.4. The molecule has 3 aromatic heterocycles. The van der Waals surface area contributed by atoms with Crippen LogP contribution in [0.15, 0.2) is 42.0 Å². The average molecular weight is 339 g/mol. The summed E-state index contributed by atoms with van der Waals surface area (Å²) in [5, 5.41) is 3.29. The summed E-state index contributed by atoms with van der Waals surface area (Å²) in [5.41, 5.74) is 2.31. The number of likely N-dealkylation sites (tertiary alicyclic amines) is 1. The molecule has 0 aromatic carbocycles. The van der Waals surface area contributed by atoms with Gasteiger partial charge in [0.15, 0.2) is 0 Å². The number of aromatic amines is 1. The maximum Gasteiger partial charge on any atom is 0.222 e. The zero-order chi connectivity index (χ0) is 16.4. The predicted molar refractivity (Wildman–Crippen MR) is 97.3 cm³/mol. The molecule has 1 fully saturated rings. The number of carbonyl (C=O) groups excluding carboxylic acids is 1. The molecule has 1 aliphatic rings. The summed E-state index contributed by atoms with van der Waals surface area (Å²) >= 11 is 1.73. The molecule has 1 saturated heterocycles. The van der Waals surface area contributed by atoms with Crippen LogP contribution in [-0.2, 0) is 11.2 Å². The summed E-state index contributed by atoms with van der Waals surface area (Å²) in [6.07, 6.45) is 7.47. The van der Waals surface area contributed by atoms with E-state index in [4.69, 9.17) is 0 Å². The standard InChI is InChI=1S/C19H21N3OS/c23-18(6-5-15-3-2-12-24-15)22-10-7-14(8-11-22)17-13-21-19-16(17)4-1-9-20-19/h1-4,9,12-14H,5-8,10-11H2,(H,20,21). The Morgan fingerprint density at radius 1 is 1.29 bits per heavy atom. The van der Waals surface area contributed by atoms with Crippen molar-refractivity contribution in [1.29, 1.82) is 0 Å². The number of thiophene rings is 1. The van der Waals surface area contributed by atoms with Crippen molar-refractivity contribution in [3.63, 3.8) is 0 Å². The first-order valence-electron chi connectivity index (χ1n) is 8.53. The largest absolute Gasteiger partial charge is 0.346 e. The van der Waals surface area contributed by atoms with Crippen LogP contribution in [0.25, 0.3) is 11.0 Å². The molecule has 5 heteroatoms. The molecular weight excluding hydrogens is 318 g/mol. The van der Waals surface area contributed by atoms with Gasteiger partial charge in [-0.1, -0.05) is 6.07 Å². The van der Waals surface area contributed by atoms with Crippen molar-refractivity contribution in [3.05, 3.63) is 52.5 Å². The molecule has 24 heavy (non-hydrogen) atoms. The smallest absolute Gasteiger partial charge is 0.222 e. The molecule has 0 saturated carbocycles. The number of carbonyl (C=O) groups is 1. The van der Waals surface area contributed by atoms with Gasteiger partial charge in [-0.25, -0.2) is 4.98 Å². The monoisotopic (exact) mass is 339 g/mol. The SMILES string of the molecule is O=C(CCc1cccs1)N1CCC(c2c[nH]c3ncccc23)CC1. The Balaban J connectivity index is 1.35. The number of aryl methyl sites for hydroxylation is 1. The minimum absolute atomic E-state index is 0.294. The van der Waals surface area contributed by atoms with Crippen LogP contribution in [0.5, 0.6) is 0 Å². The Morgan fingerprint density at radius 2 is 2.17 bits per heavy atom. The lowest BCUT2D eigenvalue weighted by Gasteiger charge is -2.32. The first-order chi connectivity index (χ1) is 11.8. The third-order valence-electron chi connectivity index (χ3n) is 4.94. The summed E-state index contributed by atoms with van der Waals surface area (Å²) < 4.78 is 0. The Bertz CT molecular complexity index is 816. The second-order valence-corrected chi connectivity index (χ2v) is 7.41. The highest BCUT2D eigenvalue weighted by Gasteiger charge is 2.25. The van der Waals surface area contributed by atoms with Crippen LogP contribution < -0.4 is 0 Å². The Hall–Kier alpha value is -2.14. The van der Waals surface area contributed by atoms with E-state index in [-0.39, 0.29) is 0 Å². The van der Waals surface area contributed by atoms with E-state index >= 15 is 0 Å². The molecule has 0 radical (unpaired) electrons.